The second kappa shape index (κ2) is 7.22. The third-order valence-electron chi connectivity index (χ3n) is 2.55. The first-order valence-electron chi connectivity index (χ1n) is 5.89. The van der Waals surface area contributed by atoms with E-state index in [0.29, 0.717) is 0 Å². The Morgan fingerprint density at radius 2 is 1.89 bits per heavy atom. The van der Waals surface area contributed by atoms with Gasteiger partial charge in [-0.3, -0.25) is 4.79 Å². The molecule has 7 heteroatoms. The van der Waals surface area contributed by atoms with Crippen molar-refractivity contribution >= 4 is 16.0 Å². The van der Waals surface area contributed by atoms with Gasteiger partial charge in [-0.1, -0.05) is 30.3 Å². The van der Waals surface area contributed by atoms with Crippen molar-refractivity contribution in [3.05, 3.63) is 35.9 Å². The number of benzene rings is 1. The van der Waals surface area contributed by atoms with E-state index in [4.69, 9.17) is 10.8 Å². The van der Waals surface area contributed by atoms with E-state index in [1.54, 1.807) is 0 Å². The topological polar surface area (TPSA) is 101 Å². The van der Waals surface area contributed by atoms with Gasteiger partial charge in [-0.25, -0.2) is 8.42 Å². The Labute approximate surface area is 112 Å². The van der Waals surface area contributed by atoms with E-state index < -0.39 is 28.2 Å². The maximum absolute atomic E-state index is 12.0. The van der Waals surface area contributed by atoms with Gasteiger partial charge < -0.3 is 10.8 Å². The van der Waals surface area contributed by atoms with Crippen molar-refractivity contribution in [2.45, 2.75) is 13.0 Å². The molecule has 0 amide bonds. The third-order valence-corrected chi connectivity index (χ3v) is 4.37. The molecule has 1 aromatic rings. The van der Waals surface area contributed by atoms with E-state index in [0.717, 1.165) is 5.56 Å². The molecule has 1 aromatic carbocycles. The number of sulfonamides is 1. The highest BCUT2D eigenvalue weighted by molar-refractivity contribution is 7.89. The summed E-state index contributed by atoms with van der Waals surface area (Å²) in [7, 11) is -3.61. The Hall–Kier alpha value is -1.44. The lowest BCUT2D eigenvalue weighted by atomic mass is 10.2. The summed E-state index contributed by atoms with van der Waals surface area (Å²) >= 11 is 0. The van der Waals surface area contributed by atoms with E-state index in [1.807, 2.05) is 30.3 Å². The molecule has 0 fully saturated rings. The molecule has 0 spiro atoms. The summed E-state index contributed by atoms with van der Waals surface area (Å²) < 4.78 is 25.3. The smallest absolute Gasteiger partial charge is 0.304 e. The summed E-state index contributed by atoms with van der Waals surface area (Å²) in [6, 6.07) is 9.11. The van der Waals surface area contributed by atoms with Crippen molar-refractivity contribution in [1.29, 1.82) is 0 Å². The van der Waals surface area contributed by atoms with Gasteiger partial charge in [-0.2, -0.15) is 4.31 Å². The maximum Gasteiger partial charge on any atom is 0.304 e. The summed E-state index contributed by atoms with van der Waals surface area (Å²) in [5.74, 6) is -1.54. The summed E-state index contributed by atoms with van der Waals surface area (Å²) in [6.45, 7) is 0.579. The van der Waals surface area contributed by atoms with E-state index >= 15 is 0 Å². The van der Waals surface area contributed by atoms with E-state index in [2.05, 4.69) is 0 Å². The number of nitrogens with zero attached hydrogens (tertiary/aromatic N) is 1. The van der Waals surface area contributed by atoms with Crippen LogP contribution in [0.3, 0.4) is 0 Å². The zero-order valence-corrected chi connectivity index (χ0v) is 11.3. The molecule has 0 saturated carbocycles. The zero-order chi connectivity index (χ0) is 14.3. The molecule has 0 aliphatic rings. The van der Waals surface area contributed by atoms with Crippen molar-refractivity contribution in [1.82, 2.24) is 4.31 Å². The SMILES string of the molecule is NCCN(Cc1ccccc1)S(=O)(=O)CCC(=O)O. The largest absolute Gasteiger partial charge is 0.481 e. The Morgan fingerprint density at radius 1 is 1.26 bits per heavy atom. The Kier molecular flexibility index (Phi) is 5.94. The van der Waals surface area contributed by atoms with E-state index in [-0.39, 0.29) is 19.6 Å². The lowest BCUT2D eigenvalue weighted by Crippen LogP contribution is -2.36. The minimum Gasteiger partial charge on any atom is -0.481 e. The molecular weight excluding hydrogens is 268 g/mol. The van der Waals surface area contributed by atoms with Gasteiger partial charge >= 0.3 is 5.97 Å². The first-order chi connectivity index (χ1) is 8.95. The molecule has 19 heavy (non-hydrogen) atoms. The third kappa shape index (κ3) is 5.37. The molecule has 0 aliphatic heterocycles. The van der Waals surface area contributed by atoms with Gasteiger partial charge in [0.25, 0.3) is 0 Å². The average molecular weight is 286 g/mol. The standard InChI is InChI=1S/C12H18N2O4S/c13-7-8-14(10-11-4-2-1-3-5-11)19(17,18)9-6-12(15)16/h1-5H,6-10,13H2,(H,15,16). The van der Waals surface area contributed by atoms with Gasteiger partial charge in [-0.15, -0.1) is 0 Å². The second-order valence-electron chi connectivity index (χ2n) is 4.07. The lowest BCUT2D eigenvalue weighted by Gasteiger charge is -2.21. The Bertz CT molecular complexity index is 502. The lowest BCUT2D eigenvalue weighted by molar-refractivity contribution is -0.136. The first-order valence-corrected chi connectivity index (χ1v) is 7.50. The molecule has 0 aliphatic carbocycles. The number of rotatable bonds is 8. The first kappa shape index (κ1) is 15.6. The predicted molar refractivity (Wildman–Crippen MR) is 71.9 cm³/mol. The van der Waals surface area contributed by atoms with Gasteiger partial charge in [0.05, 0.1) is 12.2 Å². The summed E-state index contributed by atoms with van der Waals surface area (Å²) in [6.07, 6.45) is -0.405. The Balaban J connectivity index is 2.78. The number of hydrogen-bond donors (Lipinski definition) is 2. The van der Waals surface area contributed by atoms with Gasteiger partial charge in [0.15, 0.2) is 0 Å². The number of nitrogens with two attached hydrogens (primary N) is 1. The van der Waals surface area contributed by atoms with Gasteiger partial charge in [0.2, 0.25) is 10.0 Å². The van der Waals surface area contributed by atoms with Crippen molar-refractivity contribution in [3.63, 3.8) is 0 Å². The van der Waals surface area contributed by atoms with Crippen molar-refractivity contribution in [3.8, 4) is 0 Å². The summed E-state index contributed by atoms with van der Waals surface area (Å²) in [4.78, 5) is 10.5. The molecule has 0 atom stereocenters. The van der Waals surface area contributed by atoms with Crippen molar-refractivity contribution < 1.29 is 18.3 Å². The van der Waals surface area contributed by atoms with Gasteiger partial charge in [-0.05, 0) is 5.56 Å². The highest BCUT2D eigenvalue weighted by Crippen LogP contribution is 2.10. The van der Waals surface area contributed by atoms with Crippen LogP contribution < -0.4 is 5.73 Å². The molecule has 0 radical (unpaired) electrons. The number of hydrogen-bond acceptors (Lipinski definition) is 4. The minimum atomic E-state index is -3.61. The fraction of sp³-hybridized carbons (Fsp3) is 0.417. The quantitative estimate of drug-likeness (QED) is 0.713. The number of carbonyl (C=O) groups is 1. The molecule has 3 N–H and O–H groups in total. The molecule has 0 unspecified atom stereocenters. The van der Waals surface area contributed by atoms with E-state index in [1.165, 1.54) is 4.31 Å². The minimum absolute atomic E-state index is 0.177. The van der Waals surface area contributed by atoms with Crippen LogP contribution in [0.1, 0.15) is 12.0 Å². The van der Waals surface area contributed by atoms with Crippen LogP contribution in [0.4, 0.5) is 0 Å². The van der Waals surface area contributed by atoms with Crippen LogP contribution >= 0.6 is 0 Å². The number of aliphatic carboxylic acids is 1. The monoisotopic (exact) mass is 286 g/mol. The molecule has 106 valence electrons. The fourth-order valence-corrected chi connectivity index (χ4v) is 3.01. The molecule has 0 bridgehead atoms. The summed E-state index contributed by atoms with van der Waals surface area (Å²) in [5, 5.41) is 8.57. The van der Waals surface area contributed by atoms with Gasteiger partial charge in [0.1, 0.15) is 0 Å². The molecule has 0 aromatic heterocycles. The predicted octanol–water partition coefficient (Wildman–Crippen LogP) is 0.252. The van der Waals surface area contributed by atoms with Crippen LogP contribution in [0.25, 0.3) is 0 Å². The highest BCUT2D eigenvalue weighted by atomic mass is 32.2. The number of carboxylic acid groups (broad SMARTS) is 1. The second-order valence-corrected chi connectivity index (χ2v) is 6.16. The van der Waals surface area contributed by atoms with Gasteiger partial charge in [0, 0.05) is 19.6 Å². The zero-order valence-electron chi connectivity index (χ0n) is 10.5. The van der Waals surface area contributed by atoms with Crippen LogP contribution in [0.5, 0.6) is 0 Å². The van der Waals surface area contributed by atoms with Crippen LogP contribution in [0.2, 0.25) is 0 Å². The molecule has 0 saturated heterocycles. The van der Waals surface area contributed by atoms with Crippen LogP contribution in [0.15, 0.2) is 30.3 Å². The summed E-state index contributed by atoms with van der Waals surface area (Å²) in [5.41, 5.74) is 6.26. The Morgan fingerprint density at radius 3 is 2.42 bits per heavy atom. The van der Waals surface area contributed by atoms with Crippen LogP contribution in [-0.2, 0) is 21.4 Å². The van der Waals surface area contributed by atoms with E-state index in [9.17, 15) is 13.2 Å². The fourth-order valence-electron chi connectivity index (χ4n) is 1.59. The molecule has 1 rings (SSSR count). The van der Waals surface area contributed by atoms with Crippen molar-refractivity contribution in [2.75, 3.05) is 18.8 Å². The van der Waals surface area contributed by atoms with Crippen LogP contribution in [0, 0.1) is 0 Å². The molecule has 6 nitrogen and oxygen atoms in total. The average Bonchev–Trinajstić information content (AvgIpc) is 2.37. The maximum atomic E-state index is 12.0. The molecule has 0 heterocycles. The molecular formula is C12H18N2O4S. The number of carboxylic acids is 1. The van der Waals surface area contributed by atoms with Crippen LogP contribution in [-0.4, -0.2) is 42.6 Å². The highest BCUT2D eigenvalue weighted by Gasteiger charge is 2.22. The normalized spacial score (nSPS) is 11.7. The van der Waals surface area contributed by atoms with Crippen molar-refractivity contribution in [2.24, 2.45) is 5.73 Å².